The van der Waals surface area contributed by atoms with Gasteiger partial charge in [0.25, 0.3) is 0 Å². The van der Waals surface area contributed by atoms with Gasteiger partial charge in [0.05, 0.1) is 16.7 Å². The Balaban J connectivity index is 1.43. The second-order valence-corrected chi connectivity index (χ2v) is 11.9. The van der Waals surface area contributed by atoms with E-state index in [0.29, 0.717) is 0 Å². The summed E-state index contributed by atoms with van der Waals surface area (Å²) < 4.78 is 8.41. The number of nitrogens with zero attached hydrogens (tertiary/aromatic N) is 3. The summed E-state index contributed by atoms with van der Waals surface area (Å²) in [7, 11) is 0. The standard InChI is InChI=1S/C31H29BrN4O2/c1-30(2,3)38-29(37)34-31(16-7-17-31)22-12-10-21(11-13-22)27-25(20-8-5-4-6-9-20)19-36-28(33-27)24-18-23(32)14-15-26(24)35-36/h4-6,8-15,18-19H,7,16-17H2,1-3H3,(H,34,37). The summed E-state index contributed by atoms with van der Waals surface area (Å²) >= 11 is 3.59. The van der Waals surface area contributed by atoms with Crippen molar-refractivity contribution in [2.45, 2.75) is 51.2 Å². The van der Waals surface area contributed by atoms with Crippen LogP contribution in [0.15, 0.2) is 83.5 Å². The van der Waals surface area contributed by atoms with E-state index in [1.807, 2.05) is 55.6 Å². The molecule has 0 saturated heterocycles. The first-order chi connectivity index (χ1) is 18.2. The van der Waals surface area contributed by atoms with Gasteiger partial charge in [-0.05, 0) is 69.4 Å². The van der Waals surface area contributed by atoms with Crippen molar-refractivity contribution in [2.75, 3.05) is 0 Å². The van der Waals surface area contributed by atoms with Crippen LogP contribution < -0.4 is 5.32 Å². The second kappa shape index (κ2) is 9.24. The molecule has 0 radical (unpaired) electrons. The molecule has 1 aliphatic carbocycles. The summed E-state index contributed by atoms with van der Waals surface area (Å²) in [6, 6.07) is 24.7. The summed E-state index contributed by atoms with van der Waals surface area (Å²) in [5.74, 6) is 0. The normalized spacial score (nSPS) is 14.8. The number of halogens is 1. The SMILES string of the molecule is CC(C)(C)OC(=O)NC1(c2ccc(-c3nc4c5cc(Br)ccc5nn4cc3-c3ccccc3)cc2)CCC1. The first-order valence-electron chi connectivity index (χ1n) is 12.9. The summed E-state index contributed by atoms with van der Waals surface area (Å²) in [6.45, 7) is 5.64. The molecular formula is C31H29BrN4O2. The Hall–Kier alpha value is -3.71. The zero-order valence-electron chi connectivity index (χ0n) is 21.7. The fourth-order valence-corrected chi connectivity index (χ4v) is 5.48. The molecule has 0 bridgehead atoms. The number of aromatic nitrogens is 3. The molecule has 1 fully saturated rings. The number of alkyl carbamates (subject to hydrolysis) is 1. The Kier molecular flexibility index (Phi) is 5.99. The van der Waals surface area contributed by atoms with E-state index >= 15 is 0 Å². The molecule has 1 saturated carbocycles. The Morgan fingerprint density at radius 2 is 1.74 bits per heavy atom. The lowest BCUT2D eigenvalue weighted by Gasteiger charge is -2.43. The average Bonchev–Trinajstić information content (AvgIpc) is 3.22. The number of hydrogen-bond donors (Lipinski definition) is 1. The zero-order chi connectivity index (χ0) is 26.5. The lowest BCUT2D eigenvalue weighted by atomic mass is 9.71. The summed E-state index contributed by atoms with van der Waals surface area (Å²) in [5.41, 5.74) is 5.82. The topological polar surface area (TPSA) is 68.5 Å². The predicted octanol–water partition coefficient (Wildman–Crippen LogP) is 7.88. The third-order valence-corrected chi connectivity index (χ3v) is 7.59. The number of hydrogen-bond acceptors (Lipinski definition) is 4. The van der Waals surface area contributed by atoms with Crippen molar-refractivity contribution in [1.29, 1.82) is 0 Å². The molecule has 6 nitrogen and oxygen atoms in total. The van der Waals surface area contributed by atoms with Crippen molar-refractivity contribution in [2.24, 2.45) is 0 Å². The van der Waals surface area contributed by atoms with Crippen LogP contribution in [0.1, 0.15) is 45.6 Å². The van der Waals surface area contributed by atoms with Crippen molar-refractivity contribution in [1.82, 2.24) is 19.9 Å². The maximum atomic E-state index is 12.6. The first kappa shape index (κ1) is 24.6. The number of amides is 1. The van der Waals surface area contributed by atoms with E-state index in [0.717, 1.165) is 68.2 Å². The smallest absolute Gasteiger partial charge is 0.408 e. The molecule has 1 amide bonds. The van der Waals surface area contributed by atoms with Gasteiger partial charge in [0.1, 0.15) is 5.60 Å². The van der Waals surface area contributed by atoms with E-state index < -0.39 is 11.1 Å². The van der Waals surface area contributed by atoms with Crippen LogP contribution in [0.25, 0.3) is 38.9 Å². The number of ether oxygens (including phenoxy) is 1. The van der Waals surface area contributed by atoms with Crippen LogP contribution in [0, 0.1) is 0 Å². The predicted molar refractivity (Wildman–Crippen MR) is 154 cm³/mol. The van der Waals surface area contributed by atoms with Gasteiger partial charge in [-0.25, -0.2) is 14.3 Å². The lowest BCUT2D eigenvalue weighted by molar-refractivity contribution is 0.0377. The summed E-state index contributed by atoms with van der Waals surface area (Å²) in [6.07, 6.45) is 4.53. The largest absolute Gasteiger partial charge is 0.444 e. The van der Waals surface area contributed by atoms with Crippen LogP contribution in [-0.2, 0) is 10.3 Å². The van der Waals surface area contributed by atoms with Gasteiger partial charge in [-0.1, -0.05) is 70.5 Å². The number of rotatable bonds is 4. The molecule has 38 heavy (non-hydrogen) atoms. The number of carbonyl (C=O) groups excluding carboxylic acids is 1. The molecule has 2 heterocycles. The Morgan fingerprint density at radius 1 is 1.00 bits per heavy atom. The molecule has 0 aliphatic heterocycles. The summed E-state index contributed by atoms with van der Waals surface area (Å²) in [4.78, 5) is 17.8. The molecule has 0 unspecified atom stereocenters. The molecular weight excluding hydrogens is 540 g/mol. The minimum atomic E-state index is -0.537. The minimum Gasteiger partial charge on any atom is -0.444 e. The number of benzene rings is 3. The quantitative estimate of drug-likeness (QED) is 0.239. The fraction of sp³-hybridized carbons (Fsp3) is 0.258. The highest BCUT2D eigenvalue weighted by Gasteiger charge is 2.41. The molecule has 0 spiro atoms. The summed E-state index contributed by atoms with van der Waals surface area (Å²) in [5, 5.41) is 8.92. The van der Waals surface area contributed by atoms with Crippen molar-refractivity contribution in [3.8, 4) is 22.4 Å². The second-order valence-electron chi connectivity index (χ2n) is 10.9. The molecule has 3 aromatic carbocycles. The zero-order valence-corrected chi connectivity index (χ0v) is 23.2. The van der Waals surface area contributed by atoms with Gasteiger partial charge in [0.2, 0.25) is 0 Å². The van der Waals surface area contributed by atoms with Crippen LogP contribution in [0.5, 0.6) is 0 Å². The van der Waals surface area contributed by atoms with Crippen LogP contribution in [0.2, 0.25) is 0 Å². The molecule has 0 atom stereocenters. The fourth-order valence-electron chi connectivity index (χ4n) is 5.12. The third-order valence-electron chi connectivity index (χ3n) is 7.10. The Morgan fingerprint density at radius 3 is 2.39 bits per heavy atom. The average molecular weight is 570 g/mol. The number of carbonyl (C=O) groups is 1. The Bertz CT molecular complexity index is 1650. The lowest BCUT2D eigenvalue weighted by Crippen LogP contribution is -2.52. The highest BCUT2D eigenvalue weighted by molar-refractivity contribution is 9.10. The van der Waals surface area contributed by atoms with Gasteiger partial charge in [0.15, 0.2) is 5.65 Å². The molecule has 6 rings (SSSR count). The molecule has 2 aromatic heterocycles. The highest BCUT2D eigenvalue weighted by Crippen LogP contribution is 2.42. The van der Waals surface area contributed by atoms with Crippen molar-refractivity contribution in [3.63, 3.8) is 0 Å². The van der Waals surface area contributed by atoms with E-state index in [1.54, 1.807) is 0 Å². The van der Waals surface area contributed by atoms with E-state index in [1.165, 1.54) is 0 Å². The van der Waals surface area contributed by atoms with Crippen LogP contribution >= 0.6 is 15.9 Å². The minimum absolute atomic E-state index is 0.376. The maximum Gasteiger partial charge on any atom is 0.408 e. The van der Waals surface area contributed by atoms with E-state index in [-0.39, 0.29) is 6.09 Å². The first-order valence-corrected chi connectivity index (χ1v) is 13.7. The van der Waals surface area contributed by atoms with Gasteiger partial charge < -0.3 is 10.1 Å². The van der Waals surface area contributed by atoms with Gasteiger partial charge >= 0.3 is 6.09 Å². The van der Waals surface area contributed by atoms with Crippen molar-refractivity contribution < 1.29 is 9.53 Å². The highest BCUT2D eigenvalue weighted by atomic mass is 79.9. The molecule has 1 aliphatic rings. The van der Waals surface area contributed by atoms with Crippen molar-refractivity contribution >= 4 is 38.6 Å². The third kappa shape index (κ3) is 4.56. The monoisotopic (exact) mass is 568 g/mol. The van der Waals surface area contributed by atoms with Gasteiger partial charge in [0, 0.05) is 27.2 Å². The van der Waals surface area contributed by atoms with Crippen LogP contribution in [0.3, 0.4) is 0 Å². The maximum absolute atomic E-state index is 12.6. The Labute approximate surface area is 230 Å². The van der Waals surface area contributed by atoms with Gasteiger partial charge in [-0.15, -0.1) is 0 Å². The molecule has 5 aromatic rings. The van der Waals surface area contributed by atoms with Crippen molar-refractivity contribution in [3.05, 3.63) is 89.0 Å². The molecule has 7 heteroatoms. The van der Waals surface area contributed by atoms with Gasteiger partial charge in [-0.2, -0.15) is 5.10 Å². The number of nitrogens with one attached hydrogen (secondary N) is 1. The van der Waals surface area contributed by atoms with E-state index in [4.69, 9.17) is 14.8 Å². The molecule has 192 valence electrons. The number of fused-ring (bicyclic) bond motifs is 3. The van der Waals surface area contributed by atoms with E-state index in [9.17, 15) is 4.79 Å². The van der Waals surface area contributed by atoms with Gasteiger partial charge in [-0.3, -0.25) is 0 Å². The van der Waals surface area contributed by atoms with Crippen LogP contribution in [0.4, 0.5) is 4.79 Å². The van der Waals surface area contributed by atoms with E-state index in [2.05, 4.69) is 69.9 Å². The van der Waals surface area contributed by atoms with Crippen LogP contribution in [-0.4, -0.2) is 26.3 Å². The molecule has 1 N–H and O–H groups in total.